The molecule has 1 aromatic rings. The monoisotopic (exact) mass is 206 g/mol. The van der Waals surface area contributed by atoms with Crippen LogP contribution in [0.1, 0.15) is 18.4 Å². The summed E-state index contributed by atoms with van der Waals surface area (Å²) in [6.45, 7) is 0.712. The van der Waals surface area contributed by atoms with Crippen molar-refractivity contribution in [2.45, 2.75) is 19.3 Å². The molecule has 0 heterocycles. The average Bonchev–Trinajstić information content (AvgIpc) is 2.99. The van der Waals surface area contributed by atoms with E-state index in [0.29, 0.717) is 6.54 Å². The molecule has 1 aromatic carbocycles. The highest BCUT2D eigenvalue weighted by molar-refractivity contribution is 5.33. The molecule has 1 aliphatic carbocycles. The molecule has 0 radical (unpaired) electrons. The van der Waals surface area contributed by atoms with Crippen LogP contribution in [0.25, 0.3) is 0 Å². The summed E-state index contributed by atoms with van der Waals surface area (Å²) in [4.78, 5) is 10.1. The zero-order valence-corrected chi connectivity index (χ0v) is 8.48. The lowest BCUT2D eigenvalue weighted by molar-refractivity contribution is -0.384. The lowest BCUT2D eigenvalue weighted by atomic mass is 9.97. The molecule has 0 spiro atoms. The molecular formula is C11H14N2O2. The molecule has 0 aromatic heterocycles. The lowest BCUT2D eigenvalue weighted by Crippen LogP contribution is -2.17. The summed E-state index contributed by atoms with van der Waals surface area (Å²) in [5, 5.41) is 10.5. The van der Waals surface area contributed by atoms with Gasteiger partial charge in [0.1, 0.15) is 0 Å². The summed E-state index contributed by atoms with van der Waals surface area (Å²) in [7, 11) is 0. The molecule has 0 aliphatic heterocycles. The second-order valence-electron chi connectivity index (χ2n) is 4.30. The zero-order chi connectivity index (χ0) is 10.9. The van der Waals surface area contributed by atoms with Crippen LogP contribution < -0.4 is 5.73 Å². The van der Waals surface area contributed by atoms with Crippen molar-refractivity contribution < 1.29 is 4.92 Å². The van der Waals surface area contributed by atoms with Crippen LogP contribution in [0.2, 0.25) is 0 Å². The minimum absolute atomic E-state index is 0.149. The maximum Gasteiger partial charge on any atom is 0.269 e. The molecular weight excluding hydrogens is 192 g/mol. The van der Waals surface area contributed by atoms with Gasteiger partial charge in [0.2, 0.25) is 0 Å². The van der Waals surface area contributed by atoms with Crippen LogP contribution in [0, 0.1) is 15.5 Å². The van der Waals surface area contributed by atoms with Crippen molar-refractivity contribution in [2.75, 3.05) is 6.54 Å². The highest BCUT2D eigenvalue weighted by Gasteiger charge is 2.40. The quantitative estimate of drug-likeness (QED) is 0.604. The maximum atomic E-state index is 10.5. The fourth-order valence-corrected chi connectivity index (χ4v) is 1.80. The number of nitrogens with two attached hydrogens (primary N) is 1. The van der Waals surface area contributed by atoms with E-state index in [-0.39, 0.29) is 16.0 Å². The van der Waals surface area contributed by atoms with Crippen LogP contribution in [0.4, 0.5) is 5.69 Å². The third kappa shape index (κ3) is 2.15. The number of nitro groups is 1. The van der Waals surface area contributed by atoms with Gasteiger partial charge in [-0.2, -0.15) is 0 Å². The zero-order valence-electron chi connectivity index (χ0n) is 8.48. The molecule has 15 heavy (non-hydrogen) atoms. The Kier molecular flexibility index (Phi) is 2.44. The standard InChI is InChI=1S/C11H14N2O2/c12-8-11(5-6-11)7-9-1-3-10(4-2-9)13(14)15/h1-4H,5-8,12H2. The first-order valence-electron chi connectivity index (χ1n) is 5.09. The second-order valence-corrected chi connectivity index (χ2v) is 4.30. The van der Waals surface area contributed by atoms with Crippen molar-refractivity contribution in [2.24, 2.45) is 11.1 Å². The molecule has 0 unspecified atom stereocenters. The third-order valence-corrected chi connectivity index (χ3v) is 3.12. The predicted octanol–water partition coefficient (Wildman–Crippen LogP) is 1.88. The van der Waals surface area contributed by atoms with Gasteiger partial charge in [-0.05, 0) is 36.8 Å². The molecule has 0 amide bonds. The van der Waals surface area contributed by atoms with Crippen molar-refractivity contribution in [3.8, 4) is 0 Å². The summed E-state index contributed by atoms with van der Waals surface area (Å²) in [5.41, 5.74) is 7.27. The van der Waals surface area contributed by atoms with E-state index in [9.17, 15) is 10.1 Å². The van der Waals surface area contributed by atoms with Crippen LogP contribution in [0.15, 0.2) is 24.3 Å². The summed E-state index contributed by atoms with van der Waals surface area (Å²) >= 11 is 0. The first-order valence-corrected chi connectivity index (χ1v) is 5.09. The van der Waals surface area contributed by atoms with Gasteiger partial charge < -0.3 is 5.73 Å². The van der Waals surface area contributed by atoms with E-state index in [1.54, 1.807) is 12.1 Å². The average molecular weight is 206 g/mol. The van der Waals surface area contributed by atoms with Crippen LogP contribution in [0.3, 0.4) is 0 Å². The van der Waals surface area contributed by atoms with Gasteiger partial charge in [-0.3, -0.25) is 10.1 Å². The van der Waals surface area contributed by atoms with Gasteiger partial charge in [-0.25, -0.2) is 0 Å². The normalized spacial score (nSPS) is 17.4. The van der Waals surface area contributed by atoms with Gasteiger partial charge in [-0.15, -0.1) is 0 Å². The Bertz CT molecular complexity index is 369. The summed E-state index contributed by atoms with van der Waals surface area (Å²) in [6.07, 6.45) is 3.31. The smallest absolute Gasteiger partial charge is 0.269 e. The van der Waals surface area contributed by atoms with E-state index in [1.807, 2.05) is 12.1 Å². The van der Waals surface area contributed by atoms with Gasteiger partial charge in [0.05, 0.1) is 4.92 Å². The fraction of sp³-hybridized carbons (Fsp3) is 0.455. The molecule has 80 valence electrons. The van der Waals surface area contributed by atoms with Crippen molar-refractivity contribution >= 4 is 5.69 Å². The molecule has 4 heteroatoms. The third-order valence-electron chi connectivity index (χ3n) is 3.12. The Morgan fingerprint density at radius 1 is 1.33 bits per heavy atom. The Balaban J connectivity index is 2.07. The van der Waals surface area contributed by atoms with Crippen LogP contribution in [0.5, 0.6) is 0 Å². The molecule has 1 fully saturated rings. The number of hydrogen-bond acceptors (Lipinski definition) is 3. The Morgan fingerprint density at radius 2 is 1.93 bits per heavy atom. The predicted molar refractivity (Wildman–Crippen MR) is 57.5 cm³/mol. The Morgan fingerprint density at radius 3 is 2.33 bits per heavy atom. The van der Waals surface area contributed by atoms with Crippen molar-refractivity contribution in [1.29, 1.82) is 0 Å². The molecule has 0 saturated heterocycles. The Hall–Kier alpha value is -1.42. The highest BCUT2D eigenvalue weighted by Crippen LogP contribution is 2.47. The van der Waals surface area contributed by atoms with Gasteiger partial charge in [0, 0.05) is 12.1 Å². The fourth-order valence-electron chi connectivity index (χ4n) is 1.80. The minimum atomic E-state index is -0.375. The molecule has 2 rings (SSSR count). The molecule has 4 nitrogen and oxygen atoms in total. The van der Waals surface area contributed by atoms with Crippen molar-refractivity contribution in [3.05, 3.63) is 39.9 Å². The summed E-state index contributed by atoms with van der Waals surface area (Å²) in [5.74, 6) is 0. The van der Waals surface area contributed by atoms with Gasteiger partial charge >= 0.3 is 0 Å². The van der Waals surface area contributed by atoms with Gasteiger partial charge in [0.15, 0.2) is 0 Å². The van der Waals surface area contributed by atoms with Crippen LogP contribution in [-0.2, 0) is 6.42 Å². The number of benzene rings is 1. The van der Waals surface area contributed by atoms with Crippen molar-refractivity contribution in [1.82, 2.24) is 0 Å². The van der Waals surface area contributed by atoms with E-state index in [1.165, 1.54) is 12.8 Å². The number of rotatable bonds is 4. The second kappa shape index (κ2) is 3.62. The molecule has 1 saturated carbocycles. The number of nitro benzene ring substituents is 1. The maximum absolute atomic E-state index is 10.5. The molecule has 1 aliphatic rings. The number of non-ortho nitro benzene ring substituents is 1. The molecule has 0 bridgehead atoms. The highest BCUT2D eigenvalue weighted by atomic mass is 16.6. The van der Waals surface area contributed by atoms with Crippen LogP contribution in [-0.4, -0.2) is 11.5 Å². The van der Waals surface area contributed by atoms with Gasteiger partial charge in [-0.1, -0.05) is 12.1 Å². The van der Waals surface area contributed by atoms with E-state index in [2.05, 4.69) is 0 Å². The Labute approximate surface area is 88.2 Å². The topological polar surface area (TPSA) is 69.2 Å². The van der Waals surface area contributed by atoms with Crippen molar-refractivity contribution in [3.63, 3.8) is 0 Å². The van der Waals surface area contributed by atoms with E-state index < -0.39 is 0 Å². The largest absolute Gasteiger partial charge is 0.330 e. The first kappa shape index (κ1) is 10.1. The summed E-state index contributed by atoms with van der Waals surface area (Å²) < 4.78 is 0. The van der Waals surface area contributed by atoms with Crippen LogP contribution >= 0.6 is 0 Å². The van der Waals surface area contributed by atoms with E-state index in [4.69, 9.17) is 5.73 Å². The molecule has 0 atom stereocenters. The molecule has 2 N–H and O–H groups in total. The van der Waals surface area contributed by atoms with E-state index in [0.717, 1.165) is 12.0 Å². The minimum Gasteiger partial charge on any atom is -0.330 e. The number of nitrogens with zero attached hydrogens (tertiary/aromatic N) is 1. The first-order chi connectivity index (χ1) is 7.15. The summed E-state index contributed by atoms with van der Waals surface area (Å²) in [6, 6.07) is 6.77. The number of hydrogen-bond donors (Lipinski definition) is 1. The lowest BCUT2D eigenvalue weighted by Gasteiger charge is -2.11. The van der Waals surface area contributed by atoms with E-state index >= 15 is 0 Å². The SMILES string of the molecule is NCC1(Cc2ccc([N+](=O)[O-])cc2)CC1. The van der Waals surface area contributed by atoms with Gasteiger partial charge in [0.25, 0.3) is 5.69 Å².